The Hall–Kier alpha value is -1.16. The van der Waals surface area contributed by atoms with E-state index in [0.29, 0.717) is 11.3 Å². The summed E-state index contributed by atoms with van der Waals surface area (Å²) in [5.41, 5.74) is 1.01. The molecule has 1 fully saturated rings. The highest BCUT2D eigenvalue weighted by molar-refractivity contribution is 8.00. The highest BCUT2D eigenvalue weighted by Crippen LogP contribution is 2.32. The maximum Gasteiger partial charge on any atom is 0.323 e. The maximum absolute atomic E-state index is 11.0. The van der Waals surface area contributed by atoms with Gasteiger partial charge in [0, 0.05) is 17.0 Å². The van der Waals surface area contributed by atoms with Crippen LogP contribution in [0.3, 0.4) is 0 Å². The van der Waals surface area contributed by atoms with Gasteiger partial charge in [-0.05, 0) is 24.3 Å². The molecule has 1 aromatic rings. The van der Waals surface area contributed by atoms with E-state index in [1.165, 1.54) is 0 Å². The van der Waals surface area contributed by atoms with Gasteiger partial charge < -0.3 is 10.0 Å². The van der Waals surface area contributed by atoms with E-state index in [2.05, 4.69) is 6.92 Å². The fourth-order valence-corrected chi connectivity index (χ4v) is 3.55. The van der Waals surface area contributed by atoms with E-state index in [9.17, 15) is 4.79 Å². The summed E-state index contributed by atoms with van der Waals surface area (Å²) in [5, 5.41) is 9.54. The van der Waals surface area contributed by atoms with Gasteiger partial charge >= 0.3 is 5.97 Å². The largest absolute Gasteiger partial charge is 0.480 e. The maximum atomic E-state index is 11.0. The minimum Gasteiger partial charge on any atom is -0.480 e. The predicted octanol–water partition coefficient (Wildman–Crippen LogP) is 2.47. The van der Waals surface area contributed by atoms with Crippen molar-refractivity contribution in [1.82, 2.24) is 0 Å². The van der Waals surface area contributed by atoms with E-state index in [1.54, 1.807) is 0 Å². The van der Waals surface area contributed by atoms with E-state index >= 15 is 0 Å². The second kappa shape index (κ2) is 5.45. The van der Waals surface area contributed by atoms with Crippen LogP contribution >= 0.6 is 11.8 Å². The zero-order chi connectivity index (χ0) is 12.3. The van der Waals surface area contributed by atoms with Crippen LogP contribution in [0.15, 0.2) is 30.3 Å². The van der Waals surface area contributed by atoms with Crippen molar-refractivity contribution in [1.29, 1.82) is 0 Å². The van der Waals surface area contributed by atoms with E-state index < -0.39 is 5.97 Å². The molecule has 0 radical (unpaired) electrons. The summed E-state index contributed by atoms with van der Waals surface area (Å²) in [7, 11) is 0. The van der Waals surface area contributed by atoms with Crippen molar-refractivity contribution in [2.75, 3.05) is 17.2 Å². The molecular weight excluding hydrogens is 234 g/mol. The van der Waals surface area contributed by atoms with Crippen LogP contribution in [-0.4, -0.2) is 34.7 Å². The van der Waals surface area contributed by atoms with Gasteiger partial charge in [-0.3, -0.25) is 4.79 Å². The number of nitrogens with zero attached hydrogens (tertiary/aromatic N) is 1. The third-order valence-electron chi connectivity index (χ3n) is 3.13. The van der Waals surface area contributed by atoms with Crippen LogP contribution < -0.4 is 4.90 Å². The average Bonchev–Trinajstić information content (AvgIpc) is 2.73. The summed E-state index contributed by atoms with van der Waals surface area (Å²) in [6.45, 7) is 2.26. The molecule has 2 atom stereocenters. The van der Waals surface area contributed by atoms with Gasteiger partial charge in [-0.1, -0.05) is 25.1 Å². The lowest BCUT2D eigenvalue weighted by molar-refractivity contribution is -0.135. The van der Waals surface area contributed by atoms with Crippen molar-refractivity contribution < 1.29 is 9.90 Å². The number of benzene rings is 1. The summed E-state index contributed by atoms with van der Waals surface area (Å²) in [5.74, 6) is 0.354. The Labute approximate surface area is 106 Å². The van der Waals surface area contributed by atoms with Gasteiger partial charge in [-0.25, -0.2) is 0 Å². The molecule has 0 aliphatic carbocycles. The highest BCUT2D eigenvalue weighted by Gasteiger charge is 2.30. The monoisotopic (exact) mass is 251 g/mol. The first-order valence-electron chi connectivity index (χ1n) is 5.83. The molecule has 1 saturated heterocycles. The molecule has 0 bridgehead atoms. The molecule has 1 aromatic carbocycles. The Kier molecular flexibility index (Phi) is 3.94. The van der Waals surface area contributed by atoms with Crippen molar-refractivity contribution in [3.8, 4) is 0 Å². The Morgan fingerprint density at radius 2 is 2.18 bits per heavy atom. The van der Waals surface area contributed by atoms with E-state index in [4.69, 9.17) is 5.11 Å². The molecule has 1 N–H and O–H groups in total. The summed E-state index contributed by atoms with van der Waals surface area (Å²) in [4.78, 5) is 13.0. The molecule has 1 heterocycles. The molecule has 92 valence electrons. The number of carbonyl (C=O) groups is 1. The van der Waals surface area contributed by atoms with Crippen LogP contribution in [0.25, 0.3) is 0 Å². The van der Waals surface area contributed by atoms with E-state index in [-0.39, 0.29) is 6.54 Å². The number of carboxylic acids is 1. The first-order valence-corrected chi connectivity index (χ1v) is 6.88. The lowest BCUT2D eigenvalue weighted by Gasteiger charge is -2.32. The Morgan fingerprint density at radius 1 is 1.47 bits per heavy atom. The van der Waals surface area contributed by atoms with Gasteiger partial charge in [0.1, 0.15) is 6.54 Å². The number of hydrogen-bond donors (Lipinski definition) is 1. The Bertz CT molecular complexity index is 382. The van der Waals surface area contributed by atoms with Crippen LogP contribution in [0, 0.1) is 0 Å². The van der Waals surface area contributed by atoms with Gasteiger partial charge in [-0.15, -0.1) is 0 Å². The molecule has 0 spiro atoms. The Balaban J connectivity index is 2.22. The van der Waals surface area contributed by atoms with Crippen molar-refractivity contribution >= 4 is 23.4 Å². The fourth-order valence-electron chi connectivity index (χ4n) is 2.29. The molecule has 0 amide bonds. The van der Waals surface area contributed by atoms with Crippen LogP contribution in [0.2, 0.25) is 0 Å². The lowest BCUT2D eigenvalue weighted by atomic mass is 10.1. The zero-order valence-corrected chi connectivity index (χ0v) is 10.7. The molecule has 1 aliphatic heterocycles. The fraction of sp³-hybridized carbons (Fsp3) is 0.462. The second-order valence-corrected chi connectivity index (χ2v) is 5.77. The van der Waals surface area contributed by atoms with Crippen molar-refractivity contribution in [3.63, 3.8) is 0 Å². The van der Waals surface area contributed by atoms with Crippen molar-refractivity contribution in [2.45, 2.75) is 24.6 Å². The molecule has 0 aromatic heterocycles. The standard InChI is InChI=1S/C13H17NO2S/c1-10-12(7-8-17-10)14(9-13(15)16)11-5-3-2-4-6-11/h2-6,10,12H,7-9H2,1H3,(H,15,16). The number of carboxylic acid groups (broad SMARTS) is 1. The lowest BCUT2D eigenvalue weighted by Crippen LogP contribution is -2.42. The first-order chi connectivity index (χ1) is 8.18. The quantitative estimate of drug-likeness (QED) is 0.892. The third-order valence-corrected chi connectivity index (χ3v) is 4.44. The predicted molar refractivity (Wildman–Crippen MR) is 71.7 cm³/mol. The number of para-hydroxylation sites is 1. The molecule has 1 aliphatic rings. The molecular formula is C13H17NO2S. The molecule has 0 saturated carbocycles. The molecule has 17 heavy (non-hydrogen) atoms. The smallest absolute Gasteiger partial charge is 0.323 e. The molecule has 4 heteroatoms. The summed E-state index contributed by atoms with van der Waals surface area (Å²) in [6, 6.07) is 10.2. The highest BCUT2D eigenvalue weighted by atomic mass is 32.2. The van der Waals surface area contributed by atoms with Crippen LogP contribution in [0.5, 0.6) is 0 Å². The van der Waals surface area contributed by atoms with Gasteiger partial charge in [0.2, 0.25) is 0 Å². The van der Waals surface area contributed by atoms with Gasteiger partial charge in [0.25, 0.3) is 0 Å². The van der Waals surface area contributed by atoms with Gasteiger partial charge in [-0.2, -0.15) is 11.8 Å². The summed E-state index contributed by atoms with van der Waals surface area (Å²) >= 11 is 1.92. The normalized spacial score (nSPS) is 23.6. The number of rotatable bonds is 4. The van der Waals surface area contributed by atoms with Crippen molar-refractivity contribution in [3.05, 3.63) is 30.3 Å². The molecule has 3 nitrogen and oxygen atoms in total. The SMILES string of the molecule is CC1SCCC1N(CC(=O)O)c1ccccc1. The first kappa shape index (κ1) is 12.3. The topological polar surface area (TPSA) is 40.5 Å². The second-order valence-electron chi connectivity index (χ2n) is 4.29. The summed E-state index contributed by atoms with van der Waals surface area (Å²) < 4.78 is 0. The zero-order valence-electron chi connectivity index (χ0n) is 9.87. The molecule has 2 unspecified atom stereocenters. The van der Waals surface area contributed by atoms with Crippen LogP contribution in [0.4, 0.5) is 5.69 Å². The van der Waals surface area contributed by atoms with Crippen LogP contribution in [0.1, 0.15) is 13.3 Å². The Morgan fingerprint density at radius 3 is 2.71 bits per heavy atom. The summed E-state index contributed by atoms with van der Waals surface area (Å²) in [6.07, 6.45) is 1.06. The van der Waals surface area contributed by atoms with Gasteiger partial charge in [0.05, 0.1) is 0 Å². The van der Waals surface area contributed by atoms with Crippen molar-refractivity contribution in [2.24, 2.45) is 0 Å². The average molecular weight is 251 g/mol. The van der Waals surface area contributed by atoms with E-state index in [0.717, 1.165) is 17.9 Å². The number of thioether (sulfide) groups is 1. The molecule has 2 rings (SSSR count). The van der Waals surface area contributed by atoms with Gasteiger partial charge in [0.15, 0.2) is 0 Å². The third kappa shape index (κ3) is 2.94. The number of anilines is 1. The number of hydrogen-bond acceptors (Lipinski definition) is 3. The number of aliphatic carboxylic acids is 1. The van der Waals surface area contributed by atoms with Crippen LogP contribution in [-0.2, 0) is 4.79 Å². The van der Waals surface area contributed by atoms with E-state index in [1.807, 2.05) is 47.0 Å². The minimum atomic E-state index is -0.766. The minimum absolute atomic E-state index is 0.0829.